The average molecular weight is 439 g/mol. The third kappa shape index (κ3) is 4.63. The van der Waals surface area contributed by atoms with E-state index in [1.165, 1.54) is 27.5 Å². The molecule has 3 aromatic rings. The van der Waals surface area contributed by atoms with Gasteiger partial charge < -0.3 is 0 Å². The highest BCUT2D eigenvalue weighted by molar-refractivity contribution is 6.93. The molecule has 0 fully saturated rings. The van der Waals surface area contributed by atoms with Crippen LogP contribution in [0, 0.1) is 34.5 Å². The van der Waals surface area contributed by atoms with E-state index in [1.54, 1.807) is 6.08 Å². The van der Waals surface area contributed by atoms with Crippen molar-refractivity contribution in [1.29, 1.82) is 10.5 Å². The highest BCUT2D eigenvalue weighted by atomic mass is 28.3. The van der Waals surface area contributed by atoms with Crippen LogP contribution in [0.15, 0.2) is 101 Å². The zero-order valence-electron chi connectivity index (χ0n) is 18.6. The Labute approximate surface area is 196 Å². The molecule has 0 atom stereocenters. The van der Waals surface area contributed by atoms with Crippen molar-refractivity contribution in [3.63, 3.8) is 0 Å². The van der Waals surface area contributed by atoms with Gasteiger partial charge in [-0.3, -0.25) is 0 Å². The van der Waals surface area contributed by atoms with Gasteiger partial charge in [0, 0.05) is 10.8 Å². The molecule has 0 saturated carbocycles. The van der Waals surface area contributed by atoms with Gasteiger partial charge in [-0.2, -0.15) is 10.5 Å². The van der Waals surface area contributed by atoms with Gasteiger partial charge in [0.05, 0.1) is 0 Å². The maximum atomic E-state index is 9.16. The molecule has 156 valence electrons. The van der Waals surface area contributed by atoms with Crippen molar-refractivity contribution < 1.29 is 0 Å². The summed E-state index contributed by atoms with van der Waals surface area (Å²) < 4.78 is 0. The first-order chi connectivity index (χ1) is 16.0. The lowest BCUT2D eigenvalue weighted by Crippen LogP contribution is -2.23. The number of benzene rings is 3. The quantitative estimate of drug-likeness (QED) is 0.256. The molecular formula is C30H22N2Si. The average Bonchev–Trinajstić information content (AvgIpc) is 3.13. The predicted octanol–water partition coefficient (Wildman–Crippen LogP) is 6.81. The Morgan fingerprint density at radius 1 is 0.727 bits per heavy atom. The van der Waals surface area contributed by atoms with Crippen molar-refractivity contribution in [3.05, 3.63) is 124 Å². The van der Waals surface area contributed by atoms with E-state index in [0.29, 0.717) is 0 Å². The van der Waals surface area contributed by atoms with Crippen LogP contribution in [-0.4, -0.2) is 8.07 Å². The molecule has 4 rings (SSSR count). The molecular weight excluding hydrogens is 416 g/mol. The van der Waals surface area contributed by atoms with E-state index in [9.17, 15) is 0 Å². The van der Waals surface area contributed by atoms with E-state index < -0.39 is 8.07 Å². The van der Waals surface area contributed by atoms with E-state index in [4.69, 9.17) is 10.5 Å². The van der Waals surface area contributed by atoms with Gasteiger partial charge in [-0.25, -0.2) is 0 Å². The van der Waals surface area contributed by atoms with Gasteiger partial charge >= 0.3 is 0 Å². The molecule has 0 radical (unpaired) electrons. The van der Waals surface area contributed by atoms with Gasteiger partial charge in [-0.05, 0) is 40.0 Å². The van der Waals surface area contributed by atoms with E-state index in [0.717, 1.165) is 11.1 Å². The summed E-state index contributed by atoms with van der Waals surface area (Å²) in [5, 5.41) is 19.5. The summed E-state index contributed by atoms with van der Waals surface area (Å²) in [5.74, 6) is 6.90. The molecule has 1 heterocycles. The Kier molecular flexibility index (Phi) is 6.23. The van der Waals surface area contributed by atoms with Crippen LogP contribution < -0.4 is 0 Å². The summed E-state index contributed by atoms with van der Waals surface area (Å²) in [5.41, 5.74) is 8.89. The second kappa shape index (κ2) is 9.42. The van der Waals surface area contributed by atoms with Crippen LogP contribution in [0.1, 0.15) is 22.3 Å². The van der Waals surface area contributed by atoms with Crippen LogP contribution in [0.25, 0.3) is 17.2 Å². The van der Waals surface area contributed by atoms with Crippen molar-refractivity contribution >= 4 is 25.3 Å². The summed E-state index contributed by atoms with van der Waals surface area (Å²) >= 11 is 0. The zero-order valence-corrected chi connectivity index (χ0v) is 19.6. The first-order valence-corrected chi connectivity index (χ1v) is 13.8. The Balaban J connectivity index is 1.91. The van der Waals surface area contributed by atoms with E-state index >= 15 is 0 Å². The summed E-state index contributed by atoms with van der Waals surface area (Å²) in [4.78, 5) is 0. The molecule has 3 aromatic carbocycles. The Morgan fingerprint density at radius 2 is 1.30 bits per heavy atom. The van der Waals surface area contributed by atoms with Gasteiger partial charge in [-0.1, -0.05) is 109 Å². The first kappa shape index (κ1) is 21.9. The number of allylic oxidation sites excluding steroid dienone is 4. The summed E-state index contributed by atoms with van der Waals surface area (Å²) in [7, 11) is -1.95. The predicted molar refractivity (Wildman–Crippen MR) is 138 cm³/mol. The number of hydrogen-bond donors (Lipinski definition) is 0. The Morgan fingerprint density at radius 3 is 1.94 bits per heavy atom. The minimum Gasteiger partial charge on any atom is -0.192 e. The van der Waals surface area contributed by atoms with Crippen LogP contribution in [0.5, 0.6) is 0 Å². The summed E-state index contributed by atoms with van der Waals surface area (Å²) in [6.07, 6.45) is 1.60. The smallest absolute Gasteiger partial charge is 0.130 e. The van der Waals surface area contributed by atoms with Gasteiger partial charge in [0.1, 0.15) is 25.8 Å². The topological polar surface area (TPSA) is 47.6 Å². The molecule has 1 aliphatic heterocycles. The van der Waals surface area contributed by atoms with Crippen molar-refractivity contribution in [2.24, 2.45) is 0 Å². The number of nitrogens with zero attached hydrogens (tertiary/aromatic N) is 2. The van der Waals surface area contributed by atoms with Crippen LogP contribution in [-0.2, 0) is 0 Å². The maximum Gasteiger partial charge on any atom is 0.130 e. The Bertz CT molecular complexity index is 1420. The fourth-order valence-electron chi connectivity index (χ4n) is 4.05. The molecule has 0 saturated heterocycles. The number of hydrogen-bond acceptors (Lipinski definition) is 2. The highest BCUT2D eigenvalue weighted by Gasteiger charge is 2.34. The Hall–Kier alpha value is -4.36. The summed E-state index contributed by atoms with van der Waals surface area (Å²) in [6.45, 7) is 4.65. The lowest BCUT2D eigenvalue weighted by Gasteiger charge is -2.15. The van der Waals surface area contributed by atoms with E-state index in [-0.39, 0.29) is 5.57 Å². The van der Waals surface area contributed by atoms with Crippen molar-refractivity contribution in [2.45, 2.75) is 13.1 Å². The largest absolute Gasteiger partial charge is 0.192 e. The van der Waals surface area contributed by atoms with Gasteiger partial charge in [-0.15, -0.1) is 0 Å². The molecule has 0 bridgehead atoms. The minimum absolute atomic E-state index is 0.0667. The lowest BCUT2D eigenvalue weighted by molar-refractivity contribution is 1.47. The molecule has 0 aromatic heterocycles. The first-order valence-electron chi connectivity index (χ1n) is 10.8. The molecule has 0 spiro atoms. The fraction of sp³-hybridized carbons (Fsp3) is 0.0667. The third-order valence-electron chi connectivity index (χ3n) is 5.64. The third-order valence-corrected chi connectivity index (χ3v) is 8.31. The van der Waals surface area contributed by atoms with Crippen LogP contribution in [0.2, 0.25) is 13.1 Å². The van der Waals surface area contributed by atoms with Crippen molar-refractivity contribution in [2.75, 3.05) is 0 Å². The molecule has 1 aliphatic rings. The second-order valence-corrected chi connectivity index (χ2v) is 12.6. The molecule has 33 heavy (non-hydrogen) atoms. The molecule has 0 unspecified atom stereocenters. The number of rotatable bonds is 3. The van der Waals surface area contributed by atoms with Crippen molar-refractivity contribution in [3.8, 4) is 24.0 Å². The molecule has 0 amide bonds. The summed E-state index contributed by atoms with van der Waals surface area (Å²) in [6, 6.07) is 32.4. The maximum absolute atomic E-state index is 9.16. The molecule has 0 N–H and O–H groups in total. The molecule has 3 heteroatoms. The van der Waals surface area contributed by atoms with E-state index in [1.807, 2.05) is 48.5 Å². The lowest BCUT2D eigenvalue weighted by atomic mass is 9.93. The minimum atomic E-state index is -1.95. The standard InChI is InChI=1S/C30H22N2Si/c1-33(2)22-28(25-12-5-3-6-13-25)30(26-14-7-4-8-15-26)29(33)18-17-24-11-9-10-16-27(24)19-23(20-31)21-32/h3-16,19,22H,1-2H3. The van der Waals surface area contributed by atoms with Gasteiger partial charge in [0.2, 0.25) is 0 Å². The zero-order chi connectivity index (χ0) is 23.3. The van der Waals surface area contributed by atoms with Crippen LogP contribution >= 0.6 is 0 Å². The van der Waals surface area contributed by atoms with Gasteiger partial charge in [0.15, 0.2) is 0 Å². The van der Waals surface area contributed by atoms with Crippen molar-refractivity contribution in [1.82, 2.24) is 0 Å². The second-order valence-electron chi connectivity index (χ2n) is 8.38. The molecule has 0 aliphatic carbocycles. The number of nitriles is 2. The monoisotopic (exact) mass is 438 g/mol. The SMILES string of the molecule is C[Si]1(C)C=C(c2ccccc2)C(c2ccccc2)=C1C#Cc1ccccc1C=C(C#N)C#N. The fourth-order valence-corrected chi connectivity index (χ4v) is 6.53. The molecule has 2 nitrogen and oxygen atoms in total. The normalized spacial score (nSPS) is 13.8. The van der Waals surface area contributed by atoms with Crippen LogP contribution in [0.3, 0.4) is 0 Å². The highest BCUT2D eigenvalue weighted by Crippen LogP contribution is 2.43. The van der Waals surface area contributed by atoms with Gasteiger partial charge in [0.25, 0.3) is 0 Å². The van der Waals surface area contributed by atoms with E-state index in [2.05, 4.69) is 79.2 Å². The van der Waals surface area contributed by atoms with Crippen LogP contribution in [0.4, 0.5) is 0 Å².